The number of unbranched alkanes of at least 4 members (excludes halogenated alkanes) is 6. The van der Waals surface area contributed by atoms with E-state index in [1.807, 2.05) is 0 Å². The molecule has 0 radical (unpaired) electrons. The maximum absolute atomic E-state index is 2.67. The zero-order valence-electron chi connectivity index (χ0n) is 17.1. The first-order valence-corrected chi connectivity index (χ1v) is 12.6. The highest BCUT2D eigenvalue weighted by Crippen LogP contribution is 2.44. The lowest BCUT2D eigenvalue weighted by Crippen LogP contribution is -2.26. The Hall–Kier alpha value is -2.04. The molecule has 0 N–H and O–H groups in total. The molecule has 0 aromatic heterocycles. The van der Waals surface area contributed by atoms with E-state index in [-0.39, 0.29) is 0 Å². The highest BCUT2D eigenvalue weighted by Gasteiger charge is 2.24. The van der Waals surface area contributed by atoms with Crippen molar-refractivity contribution in [2.45, 2.75) is 51.9 Å². The largest absolute Gasteiger partial charge is 0.0742 e. The zero-order valence-corrected chi connectivity index (χ0v) is 18.0. The molecule has 0 fully saturated rings. The van der Waals surface area contributed by atoms with Crippen LogP contribution >= 0.6 is 6.89 Å². The van der Waals surface area contributed by atoms with E-state index in [1.165, 1.54) is 60.9 Å². The number of hydrogen-bond donors (Lipinski definition) is 0. The molecule has 3 aromatic rings. The minimum absolute atomic E-state index is 1.18. The normalized spacial score (nSPS) is 11.3. The molecule has 0 unspecified atom stereocenters. The van der Waals surface area contributed by atoms with Gasteiger partial charge in [-0.1, -0.05) is 136 Å². The van der Waals surface area contributed by atoms with E-state index in [4.69, 9.17) is 0 Å². The van der Waals surface area contributed by atoms with Crippen LogP contribution in [0.5, 0.6) is 0 Å². The third-order valence-corrected chi connectivity index (χ3v) is 9.59. The smallest absolute Gasteiger partial charge is 0.0163 e. The molecule has 0 aliphatic rings. The Labute approximate surface area is 171 Å². The molecule has 0 heterocycles. The summed E-state index contributed by atoms with van der Waals surface area (Å²) in [6.07, 6.45) is 9.25. The summed E-state index contributed by atoms with van der Waals surface area (Å²) in [4.78, 5) is 0. The van der Waals surface area contributed by atoms with Gasteiger partial charge in [-0.2, -0.15) is 0 Å². The van der Waals surface area contributed by atoms with Crippen molar-refractivity contribution < 1.29 is 0 Å². The van der Waals surface area contributed by atoms with Crippen molar-refractivity contribution in [1.82, 2.24) is 0 Å². The fourth-order valence-electron chi connectivity index (χ4n) is 3.96. The summed E-state index contributed by atoms with van der Waals surface area (Å²) in [5, 5.41) is 4.37. The standard InChI is InChI=1S/C27H33P/c1-2-3-4-5-6-7-17-24-28(25-18-11-8-12-19-25,26-20-13-9-14-21-26)27-22-15-10-16-23-27/h8-16,18-24H,2-7,17H2,1H3. The zero-order chi connectivity index (χ0) is 19.5. The van der Waals surface area contributed by atoms with Gasteiger partial charge in [-0.3, -0.25) is 0 Å². The SMILES string of the molecule is CCCCCCCCC=P(c1ccccc1)(c1ccccc1)c1ccccc1. The van der Waals surface area contributed by atoms with Gasteiger partial charge in [0.25, 0.3) is 0 Å². The Kier molecular flexibility index (Phi) is 8.19. The van der Waals surface area contributed by atoms with Crippen LogP contribution in [-0.2, 0) is 0 Å². The van der Waals surface area contributed by atoms with Crippen molar-refractivity contribution in [3.63, 3.8) is 0 Å². The van der Waals surface area contributed by atoms with Crippen LogP contribution in [0.15, 0.2) is 91.0 Å². The van der Waals surface area contributed by atoms with E-state index in [0.717, 1.165) is 0 Å². The summed E-state index contributed by atoms with van der Waals surface area (Å²) < 4.78 is 0. The first-order valence-electron chi connectivity index (χ1n) is 10.8. The van der Waals surface area contributed by atoms with Crippen LogP contribution in [-0.4, -0.2) is 5.80 Å². The Balaban J connectivity index is 2.01. The van der Waals surface area contributed by atoms with Crippen LogP contribution in [0.3, 0.4) is 0 Å². The highest BCUT2D eigenvalue weighted by atomic mass is 31.2. The summed E-state index contributed by atoms with van der Waals surface area (Å²) >= 11 is 0. The quantitative estimate of drug-likeness (QED) is 0.273. The predicted molar refractivity (Wildman–Crippen MR) is 129 cm³/mol. The third-order valence-electron chi connectivity index (χ3n) is 5.45. The molecule has 3 rings (SSSR count). The Morgan fingerprint density at radius 2 is 0.929 bits per heavy atom. The summed E-state index contributed by atoms with van der Waals surface area (Å²) in [5.41, 5.74) is 0. The van der Waals surface area contributed by atoms with E-state index < -0.39 is 6.89 Å². The summed E-state index contributed by atoms with van der Waals surface area (Å²) in [6, 6.07) is 33.5. The molecule has 0 bridgehead atoms. The minimum Gasteiger partial charge on any atom is -0.0742 e. The highest BCUT2D eigenvalue weighted by molar-refractivity contribution is 7.94. The van der Waals surface area contributed by atoms with Crippen molar-refractivity contribution in [3.8, 4) is 0 Å². The molecule has 28 heavy (non-hydrogen) atoms. The molecule has 0 saturated heterocycles. The Bertz CT molecular complexity index is 747. The Morgan fingerprint density at radius 3 is 1.36 bits per heavy atom. The first-order chi connectivity index (χ1) is 13.9. The maximum atomic E-state index is 2.67. The van der Waals surface area contributed by atoms with Crippen molar-refractivity contribution >= 4 is 28.6 Å². The predicted octanol–water partition coefficient (Wildman–Crippen LogP) is 6.53. The van der Waals surface area contributed by atoms with Gasteiger partial charge >= 0.3 is 0 Å². The molecule has 0 atom stereocenters. The van der Waals surface area contributed by atoms with Crippen LogP contribution in [0.2, 0.25) is 0 Å². The molecule has 0 spiro atoms. The second kappa shape index (κ2) is 11.1. The molecular weight excluding hydrogens is 355 g/mol. The number of benzene rings is 3. The van der Waals surface area contributed by atoms with Crippen LogP contribution in [0.1, 0.15) is 51.9 Å². The fourth-order valence-corrected chi connectivity index (χ4v) is 7.99. The van der Waals surface area contributed by atoms with Crippen LogP contribution in [0, 0.1) is 0 Å². The molecule has 0 saturated carbocycles. The second-order valence-electron chi connectivity index (χ2n) is 7.47. The van der Waals surface area contributed by atoms with Crippen LogP contribution < -0.4 is 15.9 Å². The second-order valence-corrected chi connectivity index (χ2v) is 10.8. The van der Waals surface area contributed by atoms with Gasteiger partial charge in [-0.05, 0) is 35.6 Å². The fraction of sp³-hybridized carbons (Fsp3) is 0.296. The molecular formula is C27H33P. The minimum atomic E-state index is -1.74. The van der Waals surface area contributed by atoms with Crippen molar-refractivity contribution in [1.29, 1.82) is 0 Å². The molecule has 0 aliphatic heterocycles. The van der Waals surface area contributed by atoms with Crippen molar-refractivity contribution in [2.24, 2.45) is 0 Å². The van der Waals surface area contributed by atoms with Gasteiger partial charge in [-0.15, -0.1) is 0 Å². The van der Waals surface area contributed by atoms with Gasteiger partial charge in [-0.25, -0.2) is 0 Å². The summed E-state index contributed by atoms with van der Waals surface area (Å²) in [7, 11) is 0. The van der Waals surface area contributed by atoms with Gasteiger partial charge in [0.15, 0.2) is 0 Å². The van der Waals surface area contributed by atoms with E-state index in [9.17, 15) is 0 Å². The lowest BCUT2D eigenvalue weighted by molar-refractivity contribution is 0.617. The Morgan fingerprint density at radius 1 is 0.536 bits per heavy atom. The topological polar surface area (TPSA) is 0 Å². The van der Waals surface area contributed by atoms with Gasteiger partial charge in [0, 0.05) is 0 Å². The third kappa shape index (κ3) is 5.06. The molecule has 0 amide bonds. The van der Waals surface area contributed by atoms with Gasteiger partial charge in [0.2, 0.25) is 0 Å². The monoisotopic (exact) mass is 388 g/mol. The van der Waals surface area contributed by atoms with E-state index >= 15 is 0 Å². The van der Waals surface area contributed by atoms with Crippen molar-refractivity contribution in [3.05, 3.63) is 91.0 Å². The van der Waals surface area contributed by atoms with Crippen LogP contribution in [0.4, 0.5) is 0 Å². The number of hydrogen-bond acceptors (Lipinski definition) is 0. The molecule has 0 aliphatic carbocycles. The van der Waals surface area contributed by atoms with E-state index in [2.05, 4.69) is 104 Å². The average molecular weight is 389 g/mol. The average Bonchev–Trinajstić information content (AvgIpc) is 2.78. The van der Waals surface area contributed by atoms with E-state index in [0.29, 0.717) is 0 Å². The molecule has 1 heteroatoms. The number of rotatable bonds is 10. The molecule has 0 nitrogen and oxygen atoms in total. The lowest BCUT2D eigenvalue weighted by atomic mass is 10.1. The summed E-state index contributed by atoms with van der Waals surface area (Å²) in [6.45, 7) is 0.544. The van der Waals surface area contributed by atoms with Gasteiger partial charge in [0.05, 0.1) is 0 Å². The van der Waals surface area contributed by atoms with Crippen molar-refractivity contribution in [2.75, 3.05) is 0 Å². The lowest BCUT2D eigenvalue weighted by Gasteiger charge is -2.29. The van der Waals surface area contributed by atoms with Crippen LogP contribution in [0.25, 0.3) is 0 Å². The summed E-state index contributed by atoms with van der Waals surface area (Å²) in [5.74, 6) is 2.67. The van der Waals surface area contributed by atoms with E-state index in [1.54, 1.807) is 0 Å². The maximum Gasteiger partial charge on any atom is -0.0163 e. The first kappa shape index (κ1) is 20.7. The molecule has 3 aromatic carbocycles. The van der Waals surface area contributed by atoms with Gasteiger partial charge in [0.1, 0.15) is 0 Å². The molecule has 146 valence electrons. The van der Waals surface area contributed by atoms with Gasteiger partial charge < -0.3 is 0 Å².